The summed E-state index contributed by atoms with van der Waals surface area (Å²) in [5.41, 5.74) is 1.61. The molecule has 1 aliphatic heterocycles. The molecule has 0 aromatic heterocycles. The Morgan fingerprint density at radius 3 is 2.78 bits per heavy atom. The van der Waals surface area contributed by atoms with Gasteiger partial charge < -0.3 is 10.1 Å². The number of nitrogens with one attached hydrogen (secondary N) is 1. The first-order valence-electron chi connectivity index (χ1n) is 6.21. The van der Waals surface area contributed by atoms with Crippen molar-refractivity contribution in [2.45, 2.75) is 32.8 Å². The van der Waals surface area contributed by atoms with Gasteiger partial charge in [-0.3, -0.25) is 10.1 Å². The lowest BCUT2D eigenvalue weighted by atomic mass is 10.1. The minimum absolute atomic E-state index is 0.154. The lowest BCUT2D eigenvalue weighted by molar-refractivity contribution is -0.385. The fourth-order valence-electron chi connectivity index (χ4n) is 2.20. The van der Waals surface area contributed by atoms with Gasteiger partial charge in [-0.15, -0.1) is 0 Å². The number of nitro groups is 1. The summed E-state index contributed by atoms with van der Waals surface area (Å²) in [7, 11) is 0. The molecule has 5 heteroatoms. The highest BCUT2D eigenvalue weighted by molar-refractivity contribution is 5.49. The lowest BCUT2D eigenvalue weighted by Crippen LogP contribution is -2.37. The molecular formula is C13H18N2O3. The number of rotatable bonds is 3. The monoisotopic (exact) mass is 250 g/mol. The van der Waals surface area contributed by atoms with Gasteiger partial charge in [0.15, 0.2) is 0 Å². The predicted molar refractivity (Wildman–Crippen MR) is 69.1 cm³/mol. The van der Waals surface area contributed by atoms with Gasteiger partial charge in [0, 0.05) is 18.2 Å². The Morgan fingerprint density at radius 2 is 2.17 bits per heavy atom. The van der Waals surface area contributed by atoms with E-state index in [4.69, 9.17) is 4.74 Å². The summed E-state index contributed by atoms with van der Waals surface area (Å²) in [5.74, 6) is 0.756. The molecule has 1 N–H and O–H groups in total. The van der Waals surface area contributed by atoms with E-state index >= 15 is 0 Å². The van der Waals surface area contributed by atoms with E-state index in [0.29, 0.717) is 5.56 Å². The first-order chi connectivity index (χ1) is 8.58. The molecule has 1 unspecified atom stereocenters. The van der Waals surface area contributed by atoms with Crippen molar-refractivity contribution >= 4 is 5.69 Å². The Hall–Kier alpha value is -1.62. The molecule has 1 aliphatic rings. The third kappa shape index (κ3) is 2.79. The van der Waals surface area contributed by atoms with Crippen molar-refractivity contribution in [3.8, 4) is 5.75 Å². The minimum Gasteiger partial charge on any atom is -0.489 e. The molecule has 1 aromatic rings. The highest BCUT2D eigenvalue weighted by Gasteiger charge is 2.18. The normalized spacial score (nSPS) is 19.6. The topological polar surface area (TPSA) is 64.4 Å². The molecule has 1 saturated heterocycles. The average Bonchev–Trinajstić information content (AvgIpc) is 2.34. The van der Waals surface area contributed by atoms with Crippen molar-refractivity contribution in [3.63, 3.8) is 0 Å². The molecule has 1 heterocycles. The van der Waals surface area contributed by atoms with Crippen molar-refractivity contribution in [2.24, 2.45) is 0 Å². The van der Waals surface area contributed by atoms with E-state index in [0.717, 1.165) is 37.2 Å². The van der Waals surface area contributed by atoms with E-state index in [1.165, 1.54) is 0 Å². The summed E-state index contributed by atoms with van der Waals surface area (Å²) in [4.78, 5) is 10.5. The number of benzene rings is 1. The van der Waals surface area contributed by atoms with Gasteiger partial charge in [-0.25, -0.2) is 0 Å². The van der Waals surface area contributed by atoms with Crippen LogP contribution >= 0.6 is 0 Å². The standard InChI is InChI=1S/C13H18N2O3/c1-9-7-13(10(2)6-12(9)15(16)17)18-11-4-3-5-14-8-11/h6-7,11,14H,3-5,8H2,1-2H3. The average molecular weight is 250 g/mol. The van der Waals surface area contributed by atoms with Gasteiger partial charge in [-0.2, -0.15) is 0 Å². The number of ether oxygens (including phenoxy) is 1. The van der Waals surface area contributed by atoms with Crippen molar-refractivity contribution in [2.75, 3.05) is 13.1 Å². The van der Waals surface area contributed by atoms with E-state index in [2.05, 4.69) is 5.32 Å². The van der Waals surface area contributed by atoms with Gasteiger partial charge in [0.2, 0.25) is 0 Å². The number of nitrogens with zero attached hydrogens (tertiary/aromatic N) is 1. The van der Waals surface area contributed by atoms with Crippen LogP contribution in [0, 0.1) is 24.0 Å². The summed E-state index contributed by atoms with van der Waals surface area (Å²) in [6.07, 6.45) is 2.30. The first kappa shape index (κ1) is 12.8. The largest absolute Gasteiger partial charge is 0.489 e. The fraction of sp³-hybridized carbons (Fsp3) is 0.538. The van der Waals surface area contributed by atoms with Crippen molar-refractivity contribution in [1.82, 2.24) is 5.32 Å². The molecule has 0 radical (unpaired) electrons. The molecule has 1 atom stereocenters. The molecule has 18 heavy (non-hydrogen) atoms. The summed E-state index contributed by atoms with van der Waals surface area (Å²) >= 11 is 0. The first-order valence-corrected chi connectivity index (χ1v) is 6.21. The maximum atomic E-state index is 10.8. The van der Waals surface area contributed by atoms with E-state index in [-0.39, 0.29) is 16.7 Å². The zero-order valence-electron chi connectivity index (χ0n) is 10.7. The number of hydrogen-bond acceptors (Lipinski definition) is 4. The minimum atomic E-state index is -0.353. The van der Waals surface area contributed by atoms with Crippen LogP contribution in [0.4, 0.5) is 5.69 Å². The second kappa shape index (κ2) is 5.35. The number of aryl methyl sites for hydroxylation is 2. The van der Waals surface area contributed by atoms with Gasteiger partial charge in [-0.05, 0) is 44.9 Å². The second-order valence-electron chi connectivity index (χ2n) is 4.75. The highest BCUT2D eigenvalue weighted by Crippen LogP contribution is 2.28. The third-order valence-corrected chi connectivity index (χ3v) is 3.24. The molecular weight excluding hydrogens is 232 g/mol. The molecule has 1 aromatic carbocycles. The Labute approximate surface area is 106 Å². The predicted octanol–water partition coefficient (Wildman–Crippen LogP) is 2.34. The molecule has 0 spiro atoms. The van der Waals surface area contributed by atoms with Crippen molar-refractivity contribution in [1.29, 1.82) is 0 Å². The number of piperidine rings is 1. The Bertz CT molecular complexity index is 454. The molecule has 2 rings (SSSR count). The van der Waals surface area contributed by atoms with Crippen LogP contribution in [0.5, 0.6) is 5.75 Å². The van der Waals surface area contributed by atoms with Crippen LogP contribution in [0.15, 0.2) is 12.1 Å². The van der Waals surface area contributed by atoms with E-state index in [1.807, 2.05) is 6.92 Å². The van der Waals surface area contributed by atoms with Gasteiger partial charge in [0.1, 0.15) is 11.9 Å². The maximum Gasteiger partial charge on any atom is 0.272 e. The van der Waals surface area contributed by atoms with Gasteiger partial charge in [0.05, 0.1) is 4.92 Å². The fourth-order valence-corrected chi connectivity index (χ4v) is 2.20. The van der Waals surface area contributed by atoms with Gasteiger partial charge in [0.25, 0.3) is 5.69 Å². The summed E-state index contributed by atoms with van der Waals surface area (Å²) in [5, 5.41) is 14.1. The van der Waals surface area contributed by atoms with Gasteiger partial charge >= 0.3 is 0 Å². The van der Waals surface area contributed by atoms with Crippen LogP contribution in [-0.2, 0) is 0 Å². The van der Waals surface area contributed by atoms with Gasteiger partial charge in [-0.1, -0.05) is 0 Å². The maximum absolute atomic E-state index is 10.8. The van der Waals surface area contributed by atoms with E-state index < -0.39 is 0 Å². The molecule has 1 fully saturated rings. The van der Waals surface area contributed by atoms with Crippen LogP contribution in [0.25, 0.3) is 0 Å². The van der Waals surface area contributed by atoms with Crippen LogP contribution in [0.3, 0.4) is 0 Å². The molecule has 0 saturated carbocycles. The van der Waals surface area contributed by atoms with Crippen LogP contribution < -0.4 is 10.1 Å². The number of hydrogen-bond donors (Lipinski definition) is 1. The van der Waals surface area contributed by atoms with Crippen LogP contribution in [0.2, 0.25) is 0 Å². The Kier molecular flexibility index (Phi) is 3.81. The molecule has 0 aliphatic carbocycles. The Balaban J connectivity index is 2.18. The van der Waals surface area contributed by atoms with Crippen molar-refractivity contribution in [3.05, 3.63) is 33.4 Å². The second-order valence-corrected chi connectivity index (χ2v) is 4.75. The van der Waals surface area contributed by atoms with Crippen LogP contribution in [-0.4, -0.2) is 24.1 Å². The third-order valence-electron chi connectivity index (χ3n) is 3.24. The zero-order chi connectivity index (χ0) is 13.1. The highest BCUT2D eigenvalue weighted by atomic mass is 16.6. The Morgan fingerprint density at radius 1 is 1.39 bits per heavy atom. The summed E-state index contributed by atoms with van der Waals surface area (Å²) in [6, 6.07) is 3.35. The summed E-state index contributed by atoms with van der Waals surface area (Å²) in [6.45, 7) is 5.47. The van der Waals surface area contributed by atoms with E-state index in [1.54, 1.807) is 19.1 Å². The smallest absolute Gasteiger partial charge is 0.272 e. The molecule has 0 bridgehead atoms. The SMILES string of the molecule is Cc1cc([N+](=O)[O-])c(C)cc1OC1CCCNC1. The van der Waals surface area contributed by atoms with Crippen molar-refractivity contribution < 1.29 is 9.66 Å². The lowest BCUT2D eigenvalue weighted by Gasteiger charge is -2.24. The molecule has 98 valence electrons. The molecule has 0 amide bonds. The number of nitro benzene ring substituents is 1. The van der Waals surface area contributed by atoms with E-state index in [9.17, 15) is 10.1 Å². The van der Waals surface area contributed by atoms with Crippen LogP contribution in [0.1, 0.15) is 24.0 Å². The molecule has 5 nitrogen and oxygen atoms in total. The quantitative estimate of drug-likeness (QED) is 0.660. The summed E-state index contributed by atoms with van der Waals surface area (Å²) < 4.78 is 5.92. The zero-order valence-corrected chi connectivity index (χ0v) is 10.7.